The smallest absolute Gasteiger partial charge is 0.280 e. The first kappa shape index (κ1) is 14.6. The van der Waals surface area contributed by atoms with Crippen LogP contribution in [0, 0.1) is 11.6 Å². The van der Waals surface area contributed by atoms with Gasteiger partial charge in [-0.1, -0.05) is 5.21 Å². The van der Waals surface area contributed by atoms with Crippen molar-refractivity contribution in [1.82, 2.24) is 15.0 Å². The van der Waals surface area contributed by atoms with Gasteiger partial charge in [0.05, 0.1) is 5.69 Å². The summed E-state index contributed by atoms with van der Waals surface area (Å²) in [6.07, 6.45) is 0. The van der Waals surface area contributed by atoms with E-state index in [1.54, 1.807) is 0 Å². The average Bonchev–Trinajstić information content (AvgIpc) is 2.92. The van der Waals surface area contributed by atoms with Crippen LogP contribution in [0.3, 0.4) is 0 Å². The molecule has 1 heterocycles. The second-order valence-corrected chi connectivity index (χ2v) is 4.67. The number of nitrogens with zero attached hydrogens (tertiary/aromatic N) is 3. The molecule has 0 bridgehead atoms. The molecule has 3 N–H and O–H groups in total. The molecule has 6 nitrogen and oxygen atoms in total. The third-order valence-electron chi connectivity index (χ3n) is 3.09. The highest BCUT2D eigenvalue weighted by Crippen LogP contribution is 2.17. The third-order valence-corrected chi connectivity index (χ3v) is 3.09. The molecule has 0 saturated heterocycles. The Morgan fingerprint density at radius 1 is 1.00 bits per heavy atom. The summed E-state index contributed by atoms with van der Waals surface area (Å²) < 4.78 is 27.0. The Morgan fingerprint density at radius 3 is 2.17 bits per heavy atom. The fourth-order valence-corrected chi connectivity index (χ4v) is 1.95. The number of hydrogen-bond acceptors (Lipinski definition) is 4. The third kappa shape index (κ3) is 3.00. The van der Waals surface area contributed by atoms with Gasteiger partial charge in [0.15, 0.2) is 11.5 Å². The summed E-state index contributed by atoms with van der Waals surface area (Å²) in [6, 6.07) is 10.7. The molecule has 1 aromatic heterocycles. The molecule has 8 heteroatoms. The summed E-state index contributed by atoms with van der Waals surface area (Å²) in [6.45, 7) is 0. The highest BCUT2D eigenvalue weighted by molar-refractivity contribution is 6.05. The van der Waals surface area contributed by atoms with Crippen LogP contribution >= 0.6 is 0 Å². The van der Waals surface area contributed by atoms with Gasteiger partial charge in [0.25, 0.3) is 5.91 Å². The van der Waals surface area contributed by atoms with Crippen molar-refractivity contribution in [2.24, 2.45) is 0 Å². The van der Waals surface area contributed by atoms with E-state index in [4.69, 9.17) is 5.73 Å². The lowest BCUT2D eigenvalue weighted by molar-refractivity contribution is 0.102. The predicted octanol–water partition coefficient (Wildman–Crippen LogP) is 2.38. The number of nitrogens with two attached hydrogens (primary N) is 1. The Kier molecular flexibility index (Phi) is 3.71. The molecule has 0 aliphatic carbocycles. The number of carbonyl (C=O) groups is 1. The van der Waals surface area contributed by atoms with Gasteiger partial charge in [-0.3, -0.25) is 4.79 Å². The molecule has 0 saturated carbocycles. The van der Waals surface area contributed by atoms with Crippen LogP contribution in [0.2, 0.25) is 0 Å². The van der Waals surface area contributed by atoms with Crippen molar-refractivity contribution in [2.75, 3.05) is 11.1 Å². The molecular weight excluding hydrogens is 304 g/mol. The monoisotopic (exact) mass is 315 g/mol. The zero-order valence-electron chi connectivity index (χ0n) is 11.7. The minimum Gasteiger partial charge on any atom is -0.382 e. The molecule has 3 aromatic rings. The van der Waals surface area contributed by atoms with Gasteiger partial charge in [-0.15, -0.1) is 5.10 Å². The summed E-state index contributed by atoms with van der Waals surface area (Å²) in [5, 5.41) is 10.1. The van der Waals surface area contributed by atoms with Crippen LogP contribution in [-0.4, -0.2) is 20.9 Å². The van der Waals surface area contributed by atoms with Crippen molar-refractivity contribution >= 4 is 17.4 Å². The van der Waals surface area contributed by atoms with Crippen molar-refractivity contribution in [1.29, 1.82) is 0 Å². The van der Waals surface area contributed by atoms with Crippen LogP contribution in [0.4, 0.5) is 20.3 Å². The van der Waals surface area contributed by atoms with Crippen molar-refractivity contribution < 1.29 is 13.6 Å². The zero-order chi connectivity index (χ0) is 16.4. The topological polar surface area (TPSA) is 85.8 Å². The number of aromatic nitrogens is 3. The first-order chi connectivity index (χ1) is 11.0. The molecule has 0 aliphatic rings. The first-order valence-corrected chi connectivity index (χ1v) is 6.58. The van der Waals surface area contributed by atoms with Crippen molar-refractivity contribution in [2.45, 2.75) is 0 Å². The molecule has 0 spiro atoms. The SMILES string of the molecule is Nc1c(C(=O)Nc2ccc(F)cc2)nnn1-c1ccc(F)cc1. The number of carbonyl (C=O) groups excluding carboxylic acids is 1. The van der Waals surface area contributed by atoms with E-state index in [0.717, 1.165) is 0 Å². The molecular formula is C15H11F2N5O. The second-order valence-electron chi connectivity index (χ2n) is 4.67. The molecule has 1 amide bonds. The molecule has 3 rings (SSSR count). The van der Waals surface area contributed by atoms with E-state index in [2.05, 4.69) is 15.6 Å². The van der Waals surface area contributed by atoms with Crippen molar-refractivity contribution in [3.8, 4) is 5.69 Å². The van der Waals surface area contributed by atoms with Gasteiger partial charge >= 0.3 is 0 Å². The lowest BCUT2D eigenvalue weighted by atomic mass is 10.3. The van der Waals surface area contributed by atoms with Crippen LogP contribution in [-0.2, 0) is 0 Å². The van der Waals surface area contributed by atoms with E-state index in [9.17, 15) is 13.6 Å². The van der Waals surface area contributed by atoms with Gasteiger partial charge in [-0.05, 0) is 48.5 Å². The summed E-state index contributed by atoms with van der Waals surface area (Å²) in [4.78, 5) is 12.2. The standard InChI is InChI=1S/C15H11F2N5O/c16-9-1-5-11(6-2-9)19-15(23)13-14(18)22(21-20-13)12-7-3-10(17)4-8-12/h1-8H,18H2,(H,19,23). The number of rotatable bonds is 3. The van der Waals surface area contributed by atoms with Crippen LogP contribution in [0.15, 0.2) is 48.5 Å². The molecule has 2 aromatic carbocycles. The van der Waals surface area contributed by atoms with Crippen molar-refractivity contribution in [3.63, 3.8) is 0 Å². The number of nitrogen functional groups attached to an aromatic ring is 1. The Balaban J connectivity index is 1.85. The Labute approximate surface area is 129 Å². The molecule has 0 unspecified atom stereocenters. The molecule has 116 valence electrons. The summed E-state index contributed by atoms with van der Waals surface area (Å²) in [5.74, 6) is -1.38. The molecule has 23 heavy (non-hydrogen) atoms. The normalized spacial score (nSPS) is 10.5. The maximum Gasteiger partial charge on any atom is 0.280 e. The maximum absolute atomic E-state index is 12.9. The summed E-state index contributed by atoms with van der Waals surface area (Å²) >= 11 is 0. The van der Waals surface area contributed by atoms with E-state index in [1.165, 1.54) is 53.2 Å². The van der Waals surface area contributed by atoms with E-state index >= 15 is 0 Å². The number of amides is 1. The maximum atomic E-state index is 12.9. The van der Waals surface area contributed by atoms with Gasteiger partial charge in [-0.2, -0.15) is 4.68 Å². The van der Waals surface area contributed by atoms with Gasteiger partial charge in [0.1, 0.15) is 11.6 Å². The number of nitrogens with one attached hydrogen (secondary N) is 1. The molecule has 0 atom stereocenters. The Morgan fingerprint density at radius 2 is 1.57 bits per heavy atom. The zero-order valence-corrected chi connectivity index (χ0v) is 11.7. The van der Waals surface area contributed by atoms with Gasteiger partial charge in [0, 0.05) is 5.69 Å². The number of hydrogen-bond donors (Lipinski definition) is 2. The number of benzene rings is 2. The molecule has 0 fully saturated rings. The minimum absolute atomic E-state index is 0.0104. The van der Waals surface area contributed by atoms with E-state index in [0.29, 0.717) is 11.4 Å². The minimum atomic E-state index is -0.581. The first-order valence-electron chi connectivity index (χ1n) is 6.58. The number of halogens is 2. The van der Waals surface area contributed by atoms with Crippen LogP contribution in [0.5, 0.6) is 0 Å². The van der Waals surface area contributed by atoms with Crippen LogP contribution in [0.1, 0.15) is 10.5 Å². The lowest BCUT2D eigenvalue weighted by Gasteiger charge is -2.05. The summed E-state index contributed by atoms with van der Waals surface area (Å²) in [5.41, 5.74) is 6.66. The summed E-state index contributed by atoms with van der Waals surface area (Å²) in [7, 11) is 0. The Hall–Kier alpha value is -3.29. The Bertz CT molecular complexity index is 843. The highest BCUT2D eigenvalue weighted by atomic mass is 19.1. The van der Waals surface area contributed by atoms with Crippen LogP contribution < -0.4 is 11.1 Å². The number of anilines is 2. The molecule has 0 aliphatic heterocycles. The predicted molar refractivity (Wildman–Crippen MR) is 80.1 cm³/mol. The fourth-order valence-electron chi connectivity index (χ4n) is 1.95. The fraction of sp³-hybridized carbons (Fsp3) is 0. The van der Waals surface area contributed by atoms with E-state index < -0.39 is 17.5 Å². The largest absolute Gasteiger partial charge is 0.382 e. The quantitative estimate of drug-likeness (QED) is 0.777. The van der Waals surface area contributed by atoms with Gasteiger partial charge in [0.2, 0.25) is 0 Å². The van der Waals surface area contributed by atoms with Gasteiger partial charge < -0.3 is 11.1 Å². The second kappa shape index (κ2) is 5.84. The van der Waals surface area contributed by atoms with E-state index in [-0.39, 0.29) is 11.5 Å². The van der Waals surface area contributed by atoms with Crippen molar-refractivity contribution in [3.05, 3.63) is 65.9 Å². The average molecular weight is 315 g/mol. The van der Waals surface area contributed by atoms with Gasteiger partial charge in [-0.25, -0.2) is 8.78 Å². The van der Waals surface area contributed by atoms with E-state index in [1.807, 2.05) is 0 Å². The lowest BCUT2D eigenvalue weighted by Crippen LogP contribution is -2.15. The van der Waals surface area contributed by atoms with Crippen LogP contribution in [0.25, 0.3) is 5.69 Å². The molecule has 0 radical (unpaired) electrons. The highest BCUT2D eigenvalue weighted by Gasteiger charge is 2.18.